The first kappa shape index (κ1) is 24.1. The highest BCUT2D eigenvalue weighted by Gasteiger charge is 2.14. The number of benzene rings is 3. The van der Waals surface area contributed by atoms with Gasteiger partial charge in [-0.25, -0.2) is 14.8 Å². The average molecular weight is 494 g/mol. The molecule has 1 N–H and O–H groups in total. The van der Waals surface area contributed by atoms with E-state index in [0.29, 0.717) is 51.3 Å². The predicted octanol–water partition coefficient (Wildman–Crippen LogP) is 6.27. The lowest BCUT2D eigenvalue weighted by atomic mass is 10.1. The fraction of sp³-hybridized carbons (Fsp3) is 0.192. The number of anilines is 1. The lowest BCUT2D eigenvalue weighted by Crippen LogP contribution is -2.15. The van der Waals surface area contributed by atoms with E-state index in [9.17, 15) is 4.79 Å². The quantitative estimate of drug-likeness (QED) is 0.274. The number of nitrogens with zero attached hydrogens (tertiary/aromatic N) is 2. The van der Waals surface area contributed by atoms with Crippen LogP contribution in [0.25, 0.3) is 10.9 Å². The number of aromatic nitrogens is 2. The van der Waals surface area contributed by atoms with Crippen LogP contribution in [-0.2, 0) is 11.2 Å². The summed E-state index contributed by atoms with van der Waals surface area (Å²) >= 11 is 6.37. The Hall–Kier alpha value is -4.04. The van der Waals surface area contributed by atoms with E-state index in [1.807, 2.05) is 30.3 Å². The van der Waals surface area contributed by atoms with E-state index in [1.54, 1.807) is 44.6 Å². The first-order valence-corrected chi connectivity index (χ1v) is 11.3. The highest BCUT2D eigenvalue weighted by atomic mass is 35.5. The van der Waals surface area contributed by atoms with E-state index < -0.39 is 6.09 Å². The summed E-state index contributed by atoms with van der Waals surface area (Å²) in [5.41, 5.74) is 2.24. The summed E-state index contributed by atoms with van der Waals surface area (Å²) in [6, 6.07) is 18.4. The molecule has 4 aromatic rings. The lowest BCUT2D eigenvalue weighted by Gasteiger charge is -2.12. The van der Waals surface area contributed by atoms with E-state index in [-0.39, 0.29) is 0 Å². The second-order valence-electron chi connectivity index (χ2n) is 7.50. The molecule has 0 saturated heterocycles. The second kappa shape index (κ2) is 11.4. The second-order valence-corrected chi connectivity index (χ2v) is 7.90. The van der Waals surface area contributed by atoms with Gasteiger partial charge in [-0.15, -0.1) is 0 Å². The number of hydrogen-bond acceptors (Lipinski definition) is 7. The predicted molar refractivity (Wildman–Crippen MR) is 134 cm³/mol. The summed E-state index contributed by atoms with van der Waals surface area (Å²) < 4.78 is 21.9. The minimum atomic E-state index is -0.573. The number of fused-ring (bicyclic) bond motifs is 1. The van der Waals surface area contributed by atoms with E-state index in [2.05, 4.69) is 15.3 Å². The van der Waals surface area contributed by atoms with Gasteiger partial charge in [0.15, 0.2) is 11.5 Å². The Kier molecular flexibility index (Phi) is 7.84. The van der Waals surface area contributed by atoms with Crippen LogP contribution in [0, 0.1) is 0 Å². The maximum absolute atomic E-state index is 12.1. The number of ether oxygens (including phenoxy) is 4. The lowest BCUT2D eigenvalue weighted by molar-refractivity contribution is 0.160. The highest BCUT2D eigenvalue weighted by Crippen LogP contribution is 2.36. The van der Waals surface area contributed by atoms with Crippen LogP contribution >= 0.6 is 11.6 Å². The van der Waals surface area contributed by atoms with E-state index in [1.165, 1.54) is 11.9 Å². The summed E-state index contributed by atoms with van der Waals surface area (Å²) in [6.45, 7) is 0.300. The molecule has 1 aromatic heterocycles. The maximum Gasteiger partial charge on any atom is 0.411 e. The molecule has 180 valence electrons. The first-order valence-electron chi connectivity index (χ1n) is 10.9. The topological polar surface area (TPSA) is 91.8 Å². The molecule has 9 heteroatoms. The zero-order chi connectivity index (χ0) is 24.6. The van der Waals surface area contributed by atoms with Crippen LogP contribution in [0.4, 0.5) is 10.5 Å². The molecule has 0 atom stereocenters. The van der Waals surface area contributed by atoms with Crippen molar-refractivity contribution < 1.29 is 23.7 Å². The molecule has 0 fully saturated rings. The van der Waals surface area contributed by atoms with Gasteiger partial charge in [0.25, 0.3) is 0 Å². The fourth-order valence-electron chi connectivity index (χ4n) is 3.44. The van der Waals surface area contributed by atoms with Crippen molar-refractivity contribution in [3.05, 3.63) is 77.6 Å². The Balaban J connectivity index is 1.38. The number of nitrogens with one attached hydrogen (secondary N) is 1. The first-order chi connectivity index (χ1) is 17.1. The van der Waals surface area contributed by atoms with Crippen LogP contribution < -0.4 is 19.5 Å². The molecule has 1 heterocycles. The van der Waals surface area contributed by atoms with Crippen LogP contribution in [0.3, 0.4) is 0 Å². The summed E-state index contributed by atoms with van der Waals surface area (Å²) in [5.74, 6) is 1.84. The normalized spacial score (nSPS) is 10.6. The molecule has 35 heavy (non-hydrogen) atoms. The minimum absolute atomic E-state index is 0.293. The third-order valence-corrected chi connectivity index (χ3v) is 5.49. The zero-order valence-electron chi connectivity index (χ0n) is 19.3. The number of hydrogen-bond donors (Lipinski definition) is 1. The van der Waals surface area contributed by atoms with Gasteiger partial charge < -0.3 is 18.9 Å². The van der Waals surface area contributed by atoms with Gasteiger partial charge >= 0.3 is 6.09 Å². The van der Waals surface area contributed by atoms with Crippen molar-refractivity contribution in [2.75, 3.05) is 26.1 Å². The number of carbonyl (C=O) groups is 1. The number of carbonyl (C=O) groups excluding carboxylic acids is 1. The Morgan fingerprint density at radius 1 is 0.971 bits per heavy atom. The number of halogens is 1. The number of rotatable bonds is 9. The molecule has 3 aromatic carbocycles. The Labute approximate surface area is 207 Å². The van der Waals surface area contributed by atoms with Gasteiger partial charge in [0.2, 0.25) is 5.88 Å². The summed E-state index contributed by atoms with van der Waals surface area (Å²) in [5, 5.41) is 3.59. The van der Waals surface area contributed by atoms with Crippen molar-refractivity contribution in [3.63, 3.8) is 0 Å². The molecular weight excluding hydrogens is 470 g/mol. The maximum atomic E-state index is 12.1. The Morgan fingerprint density at radius 2 is 1.74 bits per heavy atom. The molecule has 0 unspecified atom stereocenters. The molecule has 1 amide bonds. The van der Waals surface area contributed by atoms with Crippen molar-refractivity contribution in [1.82, 2.24) is 9.97 Å². The largest absolute Gasteiger partial charge is 0.493 e. The van der Waals surface area contributed by atoms with Gasteiger partial charge in [0.05, 0.1) is 42.4 Å². The number of aryl methyl sites for hydroxylation is 1. The molecule has 4 rings (SSSR count). The van der Waals surface area contributed by atoms with Crippen LogP contribution in [0.1, 0.15) is 12.0 Å². The average Bonchev–Trinajstić information content (AvgIpc) is 2.88. The molecule has 0 spiro atoms. The Bertz CT molecular complexity index is 1320. The van der Waals surface area contributed by atoms with Crippen LogP contribution in [0.2, 0.25) is 5.02 Å². The molecule has 0 aliphatic carbocycles. The number of methoxy groups -OCH3 is 2. The fourth-order valence-corrected chi connectivity index (χ4v) is 3.66. The summed E-state index contributed by atoms with van der Waals surface area (Å²) in [4.78, 5) is 20.6. The van der Waals surface area contributed by atoms with Gasteiger partial charge in [-0.3, -0.25) is 5.32 Å². The summed E-state index contributed by atoms with van der Waals surface area (Å²) in [7, 11) is 3.11. The molecule has 0 saturated carbocycles. The van der Waals surface area contributed by atoms with Crippen molar-refractivity contribution in [2.24, 2.45) is 0 Å². The molecule has 0 bridgehead atoms. The molecule has 0 radical (unpaired) electrons. The molecule has 8 nitrogen and oxygen atoms in total. The smallest absolute Gasteiger partial charge is 0.411 e. The molecule has 0 aliphatic rings. The van der Waals surface area contributed by atoms with Gasteiger partial charge in [0.1, 0.15) is 12.1 Å². The molecule has 0 aliphatic heterocycles. The highest BCUT2D eigenvalue weighted by molar-refractivity contribution is 6.33. The summed E-state index contributed by atoms with van der Waals surface area (Å²) in [6.07, 6.45) is 2.38. The van der Waals surface area contributed by atoms with Crippen LogP contribution in [-0.4, -0.2) is 36.9 Å². The Morgan fingerprint density at radius 3 is 2.49 bits per heavy atom. The molecular formula is C26H24ClN3O5. The van der Waals surface area contributed by atoms with Crippen LogP contribution in [0.15, 0.2) is 67.0 Å². The van der Waals surface area contributed by atoms with Gasteiger partial charge in [-0.2, -0.15) is 0 Å². The van der Waals surface area contributed by atoms with Crippen molar-refractivity contribution in [3.8, 4) is 23.1 Å². The minimum Gasteiger partial charge on any atom is -0.493 e. The monoisotopic (exact) mass is 493 g/mol. The number of amides is 1. The van der Waals surface area contributed by atoms with Gasteiger partial charge in [0, 0.05) is 12.1 Å². The van der Waals surface area contributed by atoms with Crippen molar-refractivity contribution in [2.45, 2.75) is 12.8 Å². The zero-order valence-corrected chi connectivity index (χ0v) is 20.0. The van der Waals surface area contributed by atoms with Crippen molar-refractivity contribution >= 4 is 34.3 Å². The SMILES string of the molecule is COc1cc2ncnc(Oc3ccc(NC(=O)OCCCc4ccccc4)c(Cl)c3)c2cc1OC. The standard InChI is InChI=1S/C26H24ClN3O5/c1-32-23-14-19-22(15-24(23)33-2)28-16-29-25(19)35-18-10-11-21(20(27)13-18)30-26(31)34-12-6-9-17-7-4-3-5-8-17/h3-5,7-8,10-11,13-16H,6,9,12H2,1-2H3,(H,30,31). The van der Waals surface area contributed by atoms with Crippen molar-refractivity contribution in [1.29, 1.82) is 0 Å². The van der Waals surface area contributed by atoms with Gasteiger partial charge in [-0.05, 0) is 36.6 Å². The van der Waals surface area contributed by atoms with E-state index >= 15 is 0 Å². The third-order valence-electron chi connectivity index (χ3n) is 5.18. The third kappa shape index (κ3) is 6.10. The van der Waals surface area contributed by atoms with E-state index in [4.69, 9.17) is 30.5 Å². The van der Waals surface area contributed by atoms with Gasteiger partial charge in [-0.1, -0.05) is 41.9 Å². The van der Waals surface area contributed by atoms with E-state index in [0.717, 1.165) is 12.8 Å². The van der Waals surface area contributed by atoms with Crippen LogP contribution in [0.5, 0.6) is 23.1 Å².